The number of amides is 2. The lowest BCUT2D eigenvalue weighted by Crippen LogP contribution is -2.41. The maximum atomic E-state index is 11.9. The minimum Gasteiger partial charge on any atom is -0.441 e. The lowest BCUT2D eigenvalue weighted by molar-refractivity contribution is -0.121. The molecule has 0 bridgehead atoms. The second-order valence-corrected chi connectivity index (χ2v) is 5.52. The number of hydrazine groups is 1. The van der Waals surface area contributed by atoms with Crippen LogP contribution in [0.1, 0.15) is 22.7 Å². The zero-order valence-corrected chi connectivity index (χ0v) is 13.3. The summed E-state index contributed by atoms with van der Waals surface area (Å²) in [4.78, 5) is 28.0. The standard InChI is InChI=1S/C17H14ClN3O3/c18-12-5-3-4-11(10-12)17(23)21-20-15(22)8-9-16-19-13-6-1-2-7-14(13)24-16/h1-7,10H,8-9H2,(H,20,22)(H,21,23). The minimum absolute atomic E-state index is 0.142. The number of benzene rings is 2. The molecule has 2 N–H and O–H groups in total. The van der Waals surface area contributed by atoms with Crippen molar-refractivity contribution >= 4 is 34.5 Å². The molecule has 0 fully saturated rings. The van der Waals surface area contributed by atoms with Crippen molar-refractivity contribution in [3.05, 3.63) is 65.0 Å². The molecule has 2 amide bonds. The number of para-hydroxylation sites is 2. The first-order valence-corrected chi connectivity index (χ1v) is 7.69. The van der Waals surface area contributed by atoms with Crippen LogP contribution in [0.15, 0.2) is 52.9 Å². The molecule has 0 saturated carbocycles. The summed E-state index contributed by atoms with van der Waals surface area (Å²) >= 11 is 5.82. The van der Waals surface area contributed by atoms with E-state index in [1.54, 1.807) is 18.2 Å². The molecule has 7 heteroatoms. The number of rotatable bonds is 4. The maximum Gasteiger partial charge on any atom is 0.269 e. The van der Waals surface area contributed by atoms with Crippen LogP contribution in [0, 0.1) is 0 Å². The summed E-state index contributed by atoms with van der Waals surface area (Å²) in [6.45, 7) is 0. The van der Waals surface area contributed by atoms with Gasteiger partial charge in [-0.1, -0.05) is 29.8 Å². The highest BCUT2D eigenvalue weighted by Crippen LogP contribution is 2.15. The highest BCUT2D eigenvalue weighted by Gasteiger charge is 2.10. The molecule has 6 nitrogen and oxygen atoms in total. The van der Waals surface area contributed by atoms with Crippen LogP contribution in [0.25, 0.3) is 11.1 Å². The van der Waals surface area contributed by atoms with E-state index in [0.29, 0.717) is 28.5 Å². The highest BCUT2D eigenvalue weighted by molar-refractivity contribution is 6.30. The van der Waals surface area contributed by atoms with E-state index >= 15 is 0 Å². The number of carbonyl (C=O) groups excluding carboxylic acids is 2. The molecule has 0 spiro atoms. The fourth-order valence-electron chi connectivity index (χ4n) is 2.14. The molecule has 0 radical (unpaired) electrons. The first kappa shape index (κ1) is 16.0. The summed E-state index contributed by atoms with van der Waals surface area (Å²) in [7, 11) is 0. The summed E-state index contributed by atoms with van der Waals surface area (Å²) < 4.78 is 5.53. The van der Waals surface area contributed by atoms with Gasteiger partial charge >= 0.3 is 0 Å². The van der Waals surface area contributed by atoms with Crippen molar-refractivity contribution < 1.29 is 14.0 Å². The van der Waals surface area contributed by atoms with Crippen LogP contribution in [-0.4, -0.2) is 16.8 Å². The quantitative estimate of drug-likeness (QED) is 0.713. The van der Waals surface area contributed by atoms with Gasteiger partial charge in [0.15, 0.2) is 11.5 Å². The molecular weight excluding hydrogens is 330 g/mol. The fourth-order valence-corrected chi connectivity index (χ4v) is 2.33. The second kappa shape index (κ2) is 7.14. The number of hydrogen-bond donors (Lipinski definition) is 2. The molecule has 0 atom stereocenters. The molecule has 0 saturated heterocycles. The summed E-state index contributed by atoms with van der Waals surface area (Å²) in [6.07, 6.45) is 0.482. The van der Waals surface area contributed by atoms with E-state index in [1.807, 2.05) is 24.3 Å². The summed E-state index contributed by atoms with van der Waals surface area (Å²) in [6, 6.07) is 13.8. The third kappa shape index (κ3) is 3.91. The number of hydrogen-bond acceptors (Lipinski definition) is 4. The van der Waals surface area contributed by atoms with Gasteiger partial charge in [-0.3, -0.25) is 20.4 Å². The van der Waals surface area contributed by atoms with Crippen LogP contribution >= 0.6 is 11.6 Å². The third-order valence-electron chi connectivity index (χ3n) is 3.31. The molecule has 122 valence electrons. The van der Waals surface area contributed by atoms with E-state index in [1.165, 1.54) is 6.07 Å². The van der Waals surface area contributed by atoms with Gasteiger partial charge in [0.1, 0.15) is 5.52 Å². The van der Waals surface area contributed by atoms with Crippen LogP contribution in [-0.2, 0) is 11.2 Å². The van der Waals surface area contributed by atoms with Gasteiger partial charge in [0.2, 0.25) is 5.91 Å². The van der Waals surface area contributed by atoms with Crippen LogP contribution < -0.4 is 10.9 Å². The van der Waals surface area contributed by atoms with Crippen molar-refractivity contribution in [2.24, 2.45) is 0 Å². The molecule has 0 aliphatic heterocycles. The van der Waals surface area contributed by atoms with Gasteiger partial charge in [-0.2, -0.15) is 0 Å². The number of nitrogens with zero attached hydrogens (tertiary/aromatic N) is 1. The van der Waals surface area contributed by atoms with Gasteiger partial charge in [0.05, 0.1) is 0 Å². The molecule has 24 heavy (non-hydrogen) atoms. The topological polar surface area (TPSA) is 84.2 Å². The Morgan fingerprint density at radius 2 is 1.92 bits per heavy atom. The van der Waals surface area contributed by atoms with Gasteiger partial charge in [0, 0.05) is 23.4 Å². The second-order valence-electron chi connectivity index (χ2n) is 5.09. The molecule has 0 unspecified atom stereocenters. The Morgan fingerprint density at radius 1 is 1.08 bits per heavy atom. The maximum absolute atomic E-state index is 11.9. The lowest BCUT2D eigenvalue weighted by Gasteiger charge is -2.06. The average molecular weight is 344 g/mol. The number of oxazole rings is 1. The Labute approximate surface area is 142 Å². The van der Waals surface area contributed by atoms with Crippen LogP contribution in [0.5, 0.6) is 0 Å². The van der Waals surface area contributed by atoms with Gasteiger partial charge in [-0.25, -0.2) is 4.98 Å². The van der Waals surface area contributed by atoms with Gasteiger partial charge in [0.25, 0.3) is 5.91 Å². The van der Waals surface area contributed by atoms with Crippen molar-refractivity contribution in [1.82, 2.24) is 15.8 Å². The number of halogens is 1. The summed E-state index contributed by atoms with van der Waals surface area (Å²) in [5.74, 6) is -0.298. The number of carbonyl (C=O) groups is 2. The first-order valence-electron chi connectivity index (χ1n) is 7.31. The van der Waals surface area contributed by atoms with E-state index in [9.17, 15) is 9.59 Å². The minimum atomic E-state index is -0.437. The fraction of sp³-hybridized carbons (Fsp3) is 0.118. The van der Waals surface area contributed by atoms with Crippen molar-refractivity contribution in [3.8, 4) is 0 Å². The molecular formula is C17H14ClN3O3. The monoisotopic (exact) mass is 343 g/mol. The van der Waals surface area contributed by atoms with Crippen LogP contribution in [0.4, 0.5) is 0 Å². The molecule has 1 aromatic heterocycles. The molecule has 3 rings (SSSR count). The zero-order chi connectivity index (χ0) is 16.9. The first-order chi connectivity index (χ1) is 11.6. The van der Waals surface area contributed by atoms with Gasteiger partial charge in [-0.15, -0.1) is 0 Å². The van der Waals surface area contributed by atoms with E-state index in [0.717, 1.165) is 5.52 Å². The number of aromatic nitrogens is 1. The van der Waals surface area contributed by atoms with Gasteiger partial charge in [-0.05, 0) is 30.3 Å². The Kier molecular flexibility index (Phi) is 4.77. The van der Waals surface area contributed by atoms with Crippen molar-refractivity contribution in [3.63, 3.8) is 0 Å². The molecule has 0 aliphatic carbocycles. The van der Waals surface area contributed by atoms with Crippen molar-refractivity contribution in [1.29, 1.82) is 0 Å². The summed E-state index contributed by atoms with van der Waals surface area (Å²) in [5, 5.41) is 0.449. The largest absolute Gasteiger partial charge is 0.441 e. The zero-order valence-electron chi connectivity index (χ0n) is 12.6. The van der Waals surface area contributed by atoms with Crippen LogP contribution in [0.3, 0.4) is 0 Å². The van der Waals surface area contributed by atoms with E-state index in [2.05, 4.69) is 15.8 Å². The third-order valence-corrected chi connectivity index (χ3v) is 3.54. The predicted octanol–water partition coefficient (Wildman–Crippen LogP) is 2.88. The molecule has 2 aromatic carbocycles. The SMILES string of the molecule is O=C(CCc1nc2ccccc2o1)NNC(=O)c1cccc(Cl)c1. The number of nitrogens with one attached hydrogen (secondary N) is 2. The average Bonchev–Trinajstić information content (AvgIpc) is 3.00. The Morgan fingerprint density at radius 3 is 2.71 bits per heavy atom. The van der Waals surface area contributed by atoms with Crippen molar-refractivity contribution in [2.75, 3.05) is 0 Å². The normalized spacial score (nSPS) is 10.5. The lowest BCUT2D eigenvalue weighted by atomic mass is 10.2. The summed E-state index contributed by atoms with van der Waals surface area (Å²) in [5.41, 5.74) is 6.49. The number of aryl methyl sites for hydroxylation is 1. The van der Waals surface area contributed by atoms with E-state index in [4.69, 9.17) is 16.0 Å². The highest BCUT2D eigenvalue weighted by atomic mass is 35.5. The van der Waals surface area contributed by atoms with Gasteiger partial charge < -0.3 is 4.42 Å². The van der Waals surface area contributed by atoms with Crippen molar-refractivity contribution in [2.45, 2.75) is 12.8 Å². The van der Waals surface area contributed by atoms with E-state index < -0.39 is 5.91 Å². The predicted molar refractivity (Wildman–Crippen MR) is 89.4 cm³/mol. The van der Waals surface area contributed by atoms with E-state index in [-0.39, 0.29) is 12.3 Å². The molecule has 3 aromatic rings. The number of fused-ring (bicyclic) bond motifs is 1. The van der Waals surface area contributed by atoms with Crippen LogP contribution in [0.2, 0.25) is 5.02 Å². The molecule has 0 aliphatic rings. The Hall–Kier alpha value is -2.86. The molecule has 1 heterocycles. The Balaban J connectivity index is 1.49. The Bertz CT molecular complexity index is 858. The smallest absolute Gasteiger partial charge is 0.269 e.